The molecule has 1 aliphatic heterocycles. The lowest BCUT2D eigenvalue weighted by molar-refractivity contribution is 0.0814. The van der Waals surface area contributed by atoms with Crippen molar-refractivity contribution in [3.63, 3.8) is 0 Å². The zero-order valence-corrected chi connectivity index (χ0v) is 9.54. The van der Waals surface area contributed by atoms with Crippen molar-refractivity contribution in [1.29, 1.82) is 0 Å². The summed E-state index contributed by atoms with van der Waals surface area (Å²) in [5.41, 5.74) is 1.45. The highest BCUT2D eigenvalue weighted by Gasteiger charge is 2.42. The van der Waals surface area contributed by atoms with Gasteiger partial charge in [-0.25, -0.2) is 0 Å². The molecule has 1 aromatic carbocycles. The highest BCUT2D eigenvalue weighted by molar-refractivity contribution is 8.00. The molecule has 3 unspecified atom stereocenters. The summed E-state index contributed by atoms with van der Waals surface area (Å²) in [5, 5.41) is 13.4. The Labute approximate surface area is 98.2 Å². The van der Waals surface area contributed by atoms with Gasteiger partial charge in [-0.3, -0.25) is 4.79 Å². The number of benzene rings is 1. The van der Waals surface area contributed by atoms with E-state index in [1.54, 1.807) is 11.8 Å². The molecule has 1 fully saturated rings. The standard InChI is InChI=1S/C12H13NO2S/c14-10-7-3-1-2-4-8(7)11(15)12-9(10)13-5-6-16-12/h1-4,9-10,12-14H,5-6H2. The summed E-state index contributed by atoms with van der Waals surface area (Å²) in [6.07, 6.45) is -0.563. The van der Waals surface area contributed by atoms with Gasteiger partial charge in [-0.1, -0.05) is 24.3 Å². The Hall–Kier alpha value is -0.840. The van der Waals surface area contributed by atoms with Crippen LogP contribution in [0.3, 0.4) is 0 Å². The van der Waals surface area contributed by atoms with E-state index < -0.39 is 6.10 Å². The topological polar surface area (TPSA) is 49.3 Å². The Bertz CT molecular complexity index is 435. The molecule has 2 N–H and O–H groups in total. The van der Waals surface area contributed by atoms with E-state index in [-0.39, 0.29) is 17.1 Å². The molecule has 1 saturated heterocycles. The maximum Gasteiger partial charge on any atom is 0.177 e. The predicted molar refractivity (Wildman–Crippen MR) is 63.8 cm³/mol. The van der Waals surface area contributed by atoms with Gasteiger partial charge in [-0.15, -0.1) is 11.8 Å². The lowest BCUT2D eigenvalue weighted by atomic mass is 9.84. The monoisotopic (exact) mass is 235 g/mol. The minimum absolute atomic E-state index is 0.124. The molecule has 3 rings (SSSR count). The summed E-state index contributed by atoms with van der Waals surface area (Å²) >= 11 is 1.65. The molecule has 0 saturated carbocycles. The number of Topliss-reactive ketones (excluding diaryl/α,β-unsaturated/α-hetero) is 1. The lowest BCUT2D eigenvalue weighted by Crippen LogP contribution is -2.53. The largest absolute Gasteiger partial charge is 0.387 e. The molecule has 1 aromatic rings. The second-order valence-electron chi connectivity index (χ2n) is 4.17. The van der Waals surface area contributed by atoms with Gasteiger partial charge in [0.1, 0.15) is 0 Å². The fraction of sp³-hybridized carbons (Fsp3) is 0.417. The van der Waals surface area contributed by atoms with Crippen molar-refractivity contribution in [2.75, 3.05) is 12.3 Å². The number of nitrogens with one attached hydrogen (secondary N) is 1. The van der Waals surface area contributed by atoms with E-state index in [0.717, 1.165) is 17.9 Å². The number of hydrogen-bond acceptors (Lipinski definition) is 4. The van der Waals surface area contributed by atoms with Crippen LogP contribution in [0.4, 0.5) is 0 Å². The van der Waals surface area contributed by atoms with Crippen LogP contribution in [-0.4, -0.2) is 34.5 Å². The van der Waals surface area contributed by atoms with Crippen molar-refractivity contribution in [3.8, 4) is 0 Å². The van der Waals surface area contributed by atoms with Crippen LogP contribution in [0.25, 0.3) is 0 Å². The van der Waals surface area contributed by atoms with E-state index in [0.29, 0.717) is 5.56 Å². The molecular weight excluding hydrogens is 222 g/mol. The third-order valence-electron chi connectivity index (χ3n) is 3.25. The maximum atomic E-state index is 12.2. The SMILES string of the molecule is O=C1c2ccccc2C(O)C2NCCSC12. The molecule has 3 atom stereocenters. The Morgan fingerprint density at radius 3 is 3.06 bits per heavy atom. The quantitative estimate of drug-likeness (QED) is 0.704. The Balaban J connectivity index is 2.09. The fourth-order valence-electron chi connectivity index (χ4n) is 2.46. The molecule has 3 nitrogen and oxygen atoms in total. The van der Waals surface area contributed by atoms with Crippen LogP contribution in [0, 0.1) is 0 Å². The average molecular weight is 235 g/mol. The van der Waals surface area contributed by atoms with E-state index in [1.165, 1.54) is 0 Å². The van der Waals surface area contributed by atoms with Gasteiger partial charge in [0, 0.05) is 17.9 Å². The van der Waals surface area contributed by atoms with Crippen LogP contribution in [-0.2, 0) is 0 Å². The molecule has 0 spiro atoms. The third-order valence-corrected chi connectivity index (χ3v) is 4.56. The van der Waals surface area contributed by atoms with E-state index in [9.17, 15) is 9.90 Å². The molecule has 84 valence electrons. The third kappa shape index (κ3) is 1.41. The van der Waals surface area contributed by atoms with Gasteiger partial charge < -0.3 is 10.4 Å². The number of thioether (sulfide) groups is 1. The van der Waals surface area contributed by atoms with Gasteiger partial charge in [0.05, 0.1) is 17.4 Å². The molecule has 0 amide bonds. The van der Waals surface area contributed by atoms with Crippen LogP contribution in [0.5, 0.6) is 0 Å². The average Bonchev–Trinajstić information content (AvgIpc) is 2.36. The van der Waals surface area contributed by atoms with Crippen LogP contribution in [0.1, 0.15) is 22.0 Å². The van der Waals surface area contributed by atoms with Crippen LogP contribution < -0.4 is 5.32 Å². The van der Waals surface area contributed by atoms with E-state index >= 15 is 0 Å². The zero-order chi connectivity index (χ0) is 11.1. The first-order valence-corrected chi connectivity index (χ1v) is 6.50. The lowest BCUT2D eigenvalue weighted by Gasteiger charge is -2.39. The Kier molecular flexibility index (Phi) is 2.50. The van der Waals surface area contributed by atoms with Crippen molar-refractivity contribution in [1.82, 2.24) is 5.32 Å². The molecule has 1 heterocycles. The number of aliphatic hydroxyl groups excluding tert-OH is 1. The predicted octanol–water partition coefficient (Wildman–Crippen LogP) is 0.990. The first kappa shape index (κ1) is 10.3. The second-order valence-corrected chi connectivity index (χ2v) is 5.42. The van der Waals surface area contributed by atoms with E-state index in [2.05, 4.69) is 5.32 Å². The zero-order valence-electron chi connectivity index (χ0n) is 8.72. The van der Waals surface area contributed by atoms with E-state index in [4.69, 9.17) is 0 Å². The summed E-state index contributed by atoms with van der Waals surface area (Å²) in [4.78, 5) is 12.2. The van der Waals surface area contributed by atoms with Crippen molar-refractivity contribution in [2.45, 2.75) is 17.4 Å². The normalized spacial score (nSPS) is 33.1. The highest BCUT2D eigenvalue weighted by atomic mass is 32.2. The number of carbonyl (C=O) groups is 1. The summed E-state index contributed by atoms with van der Waals surface area (Å²) in [7, 11) is 0. The molecule has 4 heteroatoms. The highest BCUT2D eigenvalue weighted by Crippen LogP contribution is 2.37. The Morgan fingerprint density at radius 1 is 1.38 bits per heavy atom. The molecule has 0 aromatic heterocycles. The fourth-order valence-corrected chi connectivity index (χ4v) is 3.68. The van der Waals surface area contributed by atoms with Crippen LogP contribution in [0.2, 0.25) is 0 Å². The van der Waals surface area contributed by atoms with Gasteiger partial charge in [-0.2, -0.15) is 0 Å². The summed E-state index contributed by atoms with van der Waals surface area (Å²) in [6, 6.07) is 7.25. The number of fused-ring (bicyclic) bond motifs is 2. The maximum absolute atomic E-state index is 12.2. The molecule has 16 heavy (non-hydrogen) atoms. The summed E-state index contributed by atoms with van der Waals surface area (Å²) in [5.74, 6) is 1.09. The number of rotatable bonds is 0. The molecule has 0 radical (unpaired) electrons. The summed E-state index contributed by atoms with van der Waals surface area (Å²) < 4.78 is 0. The smallest absolute Gasteiger partial charge is 0.177 e. The van der Waals surface area contributed by atoms with Crippen molar-refractivity contribution in [2.24, 2.45) is 0 Å². The van der Waals surface area contributed by atoms with E-state index in [1.807, 2.05) is 24.3 Å². The summed E-state index contributed by atoms with van der Waals surface area (Å²) in [6.45, 7) is 0.859. The van der Waals surface area contributed by atoms with Crippen LogP contribution in [0.15, 0.2) is 24.3 Å². The van der Waals surface area contributed by atoms with Crippen molar-refractivity contribution in [3.05, 3.63) is 35.4 Å². The Morgan fingerprint density at radius 2 is 2.19 bits per heavy atom. The van der Waals surface area contributed by atoms with Gasteiger partial charge in [0.25, 0.3) is 0 Å². The van der Waals surface area contributed by atoms with Gasteiger partial charge >= 0.3 is 0 Å². The number of aliphatic hydroxyl groups is 1. The van der Waals surface area contributed by atoms with Crippen LogP contribution >= 0.6 is 11.8 Å². The van der Waals surface area contributed by atoms with Gasteiger partial charge in [-0.05, 0) is 5.56 Å². The minimum Gasteiger partial charge on any atom is -0.387 e. The molecule has 0 bridgehead atoms. The van der Waals surface area contributed by atoms with Crippen molar-refractivity contribution >= 4 is 17.5 Å². The molecule has 2 aliphatic rings. The van der Waals surface area contributed by atoms with Gasteiger partial charge in [0.2, 0.25) is 0 Å². The first-order chi connectivity index (χ1) is 7.79. The minimum atomic E-state index is -0.563. The number of hydrogen-bond donors (Lipinski definition) is 2. The number of carbonyl (C=O) groups excluding carboxylic acids is 1. The molecule has 1 aliphatic carbocycles. The van der Waals surface area contributed by atoms with Crippen molar-refractivity contribution < 1.29 is 9.90 Å². The second kappa shape index (κ2) is 3.87. The number of ketones is 1. The molecular formula is C12H13NO2S. The van der Waals surface area contributed by atoms with Gasteiger partial charge in [0.15, 0.2) is 5.78 Å². The first-order valence-electron chi connectivity index (χ1n) is 5.45.